The van der Waals surface area contributed by atoms with Crippen LogP contribution in [0.25, 0.3) is 22.5 Å². The third kappa shape index (κ3) is 3.07. The molecule has 2 aliphatic heterocycles. The Labute approximate surface area is 163 Å². The fourth-order valence-corrected chi connectivity index (χ4v) is 4.36. The molecule has 2 N–H and O–H groups in total. The van der Waals surface area contributed by atoms with Crippen molar-refractivity contribution in [3.8, 4) is 22.5 Å². The fraction of sp³-hybridized carbons (Fsp3) is 0.333. The maximum Gasteiger partial charge on any atom is 0.254 e. The lowest BCUT2D eigenvalue weighted by molar-refractivity contribution is 0.0680. The molecule has 2 aliphatic rings. The Kier molecular flexibility index (Phi) is 4.37. The molecule has 142 valence electrons. The molecular weight excluding hydrogens is 352 g/mol. The molecule has 0 radical (unpaired) electrons. The van der Waals surface area contributed by atoms with Crippen LogP contribution in [0.5, 0.6) is 0 Å². The van der Waals surface area contributed by atoms with Gasteiger partial charge in [-0.3, -0.25) is 4.79 Å². The van der Waals surface area contributed by atoms with Crippen LogP contribution in [0, 0.1) is 0 Å². The third-order valence-corrected chi connectivity index (χ3v) is 5.84. The molecule has 2 fully saturated rings. The molecule has 2 bridgehead atoms. The van der Waals surface area contributed by atoms with Crippen molar-refractivity contribution >= 4 is 5.91 Å². The number of amides is 1. The number of carbonyl (C=O) groups is 1. The molecule has 2 saturated heterocycles. The number of aromatic nitrogens is 4. The summed E-state index contributed by atoms with van der Waals surface area (Å²) < 4.78 is 0. The number of aromatic amines is 1. The van der Waals surface area contributed by atoms with Gasteiger partial charge < -0.3 is 10.2 Å². The first-order chi connectivity index (χ1) is 13.8. The first kappa shape index (κ1) is 17.1. The summed E-state index contributed by atoms with van der Waals surface area (Å²) in [5, 5.41) is 17.5. The number of hydrogen-bond acceptors (Lipinski definition) is 5. The summed E-state index contributed by atoms with van der Waals surface area (Å²) in [6.45, 7) is 1.91. The molecule has 3 heterocycles. The maximum atomic E-state index is 13.1. The molecule has 3 aromatic rings. The Morgan fingerprint density at radius 3 is 2.29 bits per heavy atom. The second kappa shape index (κ2) is 7.16. The van der Waals surface area contributed by atoms with Gasteiger partial charge in [0.05, 0.1) is 0 Å². The third-order valence-electron chi connectivity index (χ3n) is 5.84. The predicted octanol–water partition coefficient (Wildman–Crippen LogP) is 2.50. The van der Waals surface area contributed by atoms with E-state index in [1.165, 1.54) is 0 Å². The van der Waals surface area contributed by atoms with Crippen molar-refractivity contribution in [3.05, 3.63) is 54.1 Å². The van der Waals surface area contributed by atoms with Gasteiger partial charge in [0.1, 0.15) is 0 Å². The Hall–Kier alpha value is -3.06. The average Bonchev–Trinajstić information content (AvgIpc) is 3.35. The molecule has 2 atom stereocenters. The quantitative estimate of drug-likeness (QED) is 0.736. The number of tetrazole rings is 1. The minimum Gasteiger partial charge on any atom is -0.331 e. The van der Waals surface area contributed by atoms with E-state index >= 15 is 0 Å². The van der Waals surface area contributed by atoms with Gasteiger partial charge in [0.15, 0.2) is 0 Å². The van der Waals surface area contributed by atoms with Gasteiger partial charge in [-0.2, -0.15) is 5.21 Å². The van der Waals surface area contributed by atoms with Crippen LogP contribution in [0.4, 0.5) is 0 Å². The van der Waals surface area contributed by atoms with Crippen LogP contribution in [0.15, 0.2) is 48.5 Å². The minimum absolute atomic E-state index is 0.162. The SMILES string of the molecule is O=C(c1ccc(-c2ccc(-c3nn[nH]n3)cc2)cc1)N1C2CCNCC1CC2. The normalized spacial score (nSPS) is 21.5. The van der Waals surface area contributed by atoms with Crippen molar-refractivity contribution in [2.45, 2.75) is 31.3 Å². The summed E-state index contributed by atoms with van der Waals surface area (Å²) in [6, 6.07) is 16.7. The van der Waals surface area contributed by atoms with E-state index in [1.807, 2.05) is 48.5 Å². The van der Waals surface area contributed by atoms with Crippen LogP contribution < -0.4 is 5.32 Å². The van der Waals surface area contributed by atoms with Crippen molar-refractivity contribution in [1.29, 1.82) is 0 Å². The average molecular weight is 374 g/mol. The molecule has 1 aromatic heterocycles. The highest BCUT2D eigenvalue weighted by Crippen LogP contribution is 2.30. The lowest BCUT2D eigenvalue weighted by atomic mass is 10.0. The monoisotopic (exact) mass is 374 g/mol. The standard InChI is InChI=1S/C21H22N6O/c28-21(27-18-9-10-19(27)13-22-12-11-18)17-7-3-15(4-8-17)14-1-5-16(6-2-14)20-23-25-26-24-20/h1-8,18-19,22H,9-13H2,(H,23,24,25,26). The molecule has 1 amide bonds. The zero-order valence-corrected chi connectivity index (χ0v) is 15.5. The Morgan fingerprint density at radius 2 is 1.57 bits per heavy atom. The van der Waals surface area contributed by atoms with E-state index in [9.17, 15) is 4.79 Å². The number of nitrogens with one attached hydrogen (secondary N) is 2. The van der Waals surface area contributed by atoms with E-state index < -0.39 is 0 Å². The van der Waals surface area contributed by atoms with Gasteiger partial charge in [-0.1, -0.05) is 36.4 Å². The number of H-pyrrole nitrogens is 1. The number of benzene rings is 2. The highest BCUT2D eigenvalue weighted by atomic mass is 16.2. The van der Waals surface area contributed by atoms with E-state index in [-0.39, 0.29) is 5.91 Å². The van der Waals surface area contributed by atoms with Crippen LogP contribution in [0.2, 0.25) is 0 Å². The van der Waals surface area contributed by atoms with E-state index in [1.54, 1.807) is 0 Å². The lowest BCUT2D eigenvalue weighted by Gasteiger charge is -2.28. The molecule has 7 nitrogen and oxygen atoms in total. The van der Waals surface area contributed by atoms with Gasteiger partial charge in [-0.25, -0.2) is 0 Å². The molecular formula is C21H22N6O. The second-order valence-corrected chi connectivity index (χ2v) is 7.48. The number of nitrogens with zero attached hydrogens (tertiary/aromatic N) is 4. The molecule has 7 heteroatoms. The van der Waals surface area contributed by atoms with Gasteiger partial charge in [-0.05, 0) is 54.3 Å². The first-order valence-corrected chi connectivity index (χ1v) is 9.77. The zero-order valence-electron chi connectivity index (χ0n) is 15.5. The Balaban J connectivity index is 1.35. The van der Waals surface area contributed by atoms with E-state index in [4.69, 9.17) is 0 Å². The minimum atomic E-state index is 0.162. The number of hydrogen-bond donors (Lipinski definition) is 2. The lowest BCUT2D eigenvalue weighted by Crippen LogP contribution is -2.42. The number of rotatable bonds is 3. The second-order valence-electron chi connectivity index (χ2n) is 7.48. The maximum absolute atomic E-state index is 13.1. The summed E-state index contributed by atoms with van der Waals surface area (Å²) in [4.78, 5) is 15.2. The number of fused-ring (bicyclic) bond motifs is 2. The van der Waals surface area contributed by atoms with E-state index in [0.717, 1.165) is 54.6 Å². The van der Waals surface area contributed by atoms with E-state index in [0.29, 0.717) is 17.9 Å². The summed E-state index contributed by atoms with van der Waals surface area (Å²) in [6.07, 6.45) is 3.28. The van der Waals surface area contributed by atoms with Gasteiger partial charge in [-0.15, -0.1) is 10.2 Å². The van der Waals surface area contributed by atoms with Crippen molar-refractivity contribution in [1.82, 2.24) is 30.8 Å². The smallest absolute Gasteiger partial charge is 0.254 e. The van der Waals surface area contributed by atoms with Gasteiger partial charge in [0.2, 0.25) is 5.82 Å². The van der Waals surface area contributed by atoms with Crippen LogP contribution in [-0.4, -0.2) is 56.6 Å². The van der Waals surface area contributed by atoms with Crippen molar-refractivity contribution in [2.75, 3.05) is 13.1 Å². The summed E-state index contributed by atoms with van der Waals surface area (Å²) in [5.74, 6) is 0.740. The predicted molar refractivity (Wildman–Crippen MR) is 106 cm³/mol. The van der Waals surface area contributed by atoms with Crippen LogP contribution in [0.1, 0.15) is 29.6 Å². The van der Waals surface area contributed by atoms with Gasteiger partial charge in [0.25, 0.3) is 5.91 Å². The molecule has 2 unspecified atom stereocenters. The first-order valence-electron chi connectivity index (χ1n) is 9.77. The zero-order chi connectivity index (χ0) is 18.9. The van der Waals surface area contributed by atoms with Crippen LogP contribution in [0.3, 0.4) is 0 Å². The van der Waals surface area contributed by atoms with Gasteiger partial charge in [0, 0.05) is 29.8 Å². The molecule has 0 aliphatic carbocycles. The van der Waals surface area contributed by atoms with Crippen molar-refractivity contribution in [2.24, 2.45) is 0 Å². The van der Waals surface area contributed by atoms with Crippen molar-refractivity contribution in [3.63, 3.8) is 0 Å². The molecule has 0 saturated carbocycles. The largest absolute Gasteiger partial charge is 0.331 e. The Bertz CT molecular complexity index is 938. The van der Waals surface area contributed by atoms with Crippen molar-refractivity contribution < 1.29 is 4.79 Å². The summed E-state index contributed by atoms with van der Waals surface area (Å²) >= 11 is 0. The molecule has 2 aromatic carbocycles. The van der Waals surface area contributed by atoms with Crippen LogP contribution >= 0.6 is 0 Å². The topological polar surface area (TPSA) is 86.8 Å². The molecule has 5 rings (SSSR count). The highest BCUT2D eigenvalue weighted by Gasteiger charge is 2.38. The number of carbonyl (C=O) groups excluding carboxylic acids is 1. The Morgan fingerprint density at radius 1 is 0.893 bits per heavy atom. The van der Waals surface area contributed by atoms with Crippen LogP contribution in [-0.2, 0) is 0 Å². The fourth-order valence-electron chi connectivity index (χ4n) is 4.36. The summed E-state index contributed by atoms with van der Waals surface area (Å²) in [5.41, 5.74) is 3.85. The highest BCUT2D eigenvalue weighted by molar-refractivity contribution is 5.95. The molecule has 0 spiro atoms. The summed E-state index contributed by atoms with van der Waals surface area (Å²) in [7, 11) is 0. The van der Waals surface area contributed by atoms with Gasteiger partial charge >= 0.3 is 0 Å². The molecule has 28 heavy (non-hydrogen) atoms. The van der Waals surface area contributed by atoms with E-state index in [2.05, 4.69) is 30.8 Å².